The van der Waals surface area contributed by atoms with Crippen molar-refractivity contribution >= 4 is 5.97 Å². The standard InChI is InChI=1S/C12H20O2/c1-7-9(11(13)14-4)5-8-6-10(7)12(8,2)3/h7-10H,5-6H2,1-4H3. The zero-order valence-electron chi connectivity index (χ0n) is 9.54. The molecule has 3 fully saturated rings. The number of fused-ring (bicyclic) bond motifs is 2. The number of carbonyl (C=O) groups excluding carboxylic acids is 1. The Balaban J connectivity index is 2.12. The van der Waals surface area contributed by atoms with Gasteiger partial charge >= 0.3 is 5.97 Å². The lowest BCUT2D eigenvalue weighted by atomic mass is 9.43. The van der Waals surface area contributed by atoms with E-state index in [1.807, 2.05) is 0 Å². The first-order valence-electron chi connectivity index (χ1n) is 5.56. The predicted molar refractivity (Wildman–Crippen MR) is 54.7 cm³/mol. The second-order valence-electron chi connectivity index (χ2n) is 5.58. The molecule has 3 saturated carbocycles. The predicted octanol–water partition coefficient (Wildman–Crippen LogP) is 2.48. The Morgan fingerprint density at radius 3 is 2.43 bits per heavy atom. The van der Waals surface area contributed by atoms with Crippen LogP contribution in [0.2, 0.25) is 0 Å². The van der Waals surface area contributed by atoms with Crippen LogP contribution in [0.1, 0.15) is 33.6 Å². The highest BCUT2D eigenvalue weighted by Gasteiger charge is 2.57. The number of hydrogen-bond acceptors (Lipinski definition) is 2. The van der Waals surface area contributed by atoms with E-state index < -0.39 is 0 Å². The van der Waals surface area contributed by atoms with Crippen molar-refractivity contribution in [3.8, 4) is 0 Å². The van der Waals surface area contributed by atoms with Crippen LogP contribution in [0.3, 0.4) is 0 Å². The molecule has 3 aliphatic rings. The van der Waals surface area contributed by atoms with E-state index >= 15 is 0 Å². The van der Waals surface area contributed by atoms with E-state index in [-0.39, 0.29) is 11.9 Å². The Bertz CT molecular complexity index is 257. The molecule has 4 atom stereocenters. The smallest absolute Gasteiger partial charge is 0.308 e. The third kappa shape index (κ3) is 1.12. The van der Waals surface area contributed by atoms with Crippen LogP contribution in [0.15, 0.2) is 0 Å². The van der Waals surface area contributed by atoms with Crippen LogP contribution in [-0.4, -0.2) is 13.1 Å². The maximum absolute atomic E-state index is 11.5. The minimum absolute atomic E-state index is 0.00250. The Hall–Kier alpha value is -0.530. The molecule has 0 amide bonds. The molecular weight excluding hydrogens is 176 g/mol. The van der Waals surface area contributed by atoms with Crippen LogP contribution in [0.5, 0.6) is 0 Å². The zero-order valence-corrected chi connectivity index (χ0v) is 9.54. The van der Waals surface area contributed by atoms with Gasteiger partial charge in [0.2, 0.25) is 0 Å². The molecule has 0 spiro atoms. The summed E-state index contributed by atoms with van der Waals surface area (Å²) in [6.45, 7) is 6.90. The Morgan fingerprint density at radius 2 is 2.00 bits per heavy atom. The summed E-state index contributed by atoms with van der Waals surface area (Å²) in [5, 5.41) is 0. The molecule has 0 saturated heterocycles. The molecule has 0 N–H and O–H groups in total. The van der Waals surface area contributed by atoms with E-state index in [2.05, 4.69) is 20.8 Å². The summed E-state index contributed by atoms with van der Waals surface area (Å²) in [7, 11) is 1.50. The highest BCUT2D eigenvalue weighted by atomic mass is 16.5. The lowest BCUT2D eigenvalue weighted by Crippen LogP contribution is -2.56. The van der Waals surface area contributed by atoms with E-state index in [0.29, 0.717) is 11.3 Å². The van der Waals surface area contributed by atoms with Crippen LogP contribution in [0, 0.1) is 29.1 Å². The van der Waals surface area contributed by atoms with Gasteiger partial charge in [0.1, 0.15) is 0 Å². The molecule has 2 heteroatoms. The van der Waals surface area contributed by atoms with E-state index in [1.54, 1.807) is 0 Å². The van der Waals surface area contributed by atoms with E-state index in [0.717, 1.165) is 18.3 Å². The monoisotopic (exact) mass is 196 g/mol. The van der Waals surface area contributed by atoms with Gasteiger partial charge in [-0.1, -0.05) is 20.8 Å². The highest BCUT2D eigenvalue weighted by Crippen LogP contribution is 2.62. The minimum Gasteiger partial charge on any atom is -0.469 e. The fourth-order valence-corrected chi connectivity index (χ4v) is 3.61. The van der Waals surface area contributed by atoms with Crippen LogP contribution >= 0.6 is 0 Å². The SMILES string of the molecule is COC(=O)C1CC2CC(C1C)C2(C)C. The normalized spacial score (nSPS) is 44.0. The number of ether oxygens (including phenoxy) is 1. The zero-order chi connectivity index (χ0) is 10.5. The lowest BCUT2D eigenvalue weighted by molar-refractivity contribution is -0.170. The largest absolute Gasteiger partial charge is 0.469 e. The molecule has 3 rings (SSSR count). The third-order valence-electron chi connectivity index (χ3n) is 4.86. The van der Waals surface area contributed by atoms with Crippen molar-refractivity contribution in [2.45, 2.75) is 33.6 Å². The van der Waals surface area contributed by atoms with Crippen molar-refractivity contribution < 1.29 is 9.53 Å². The summed E-state index contributed by atoms with van der Waals surface area (Å²) < 4.78 is 4.86. The van der Waals surface area contributed by atoms with Gasteiger partial charge in [-0.2, -0.15) is 0 Å². The van der Waals surface area contributed by atoms with Gasteiger partial charge in [0, 0.05) is 0 Å². The maximum Gasteiger partial charge on any atom is 0.308 e. The first kappa shape index (κ1) is 10.0. The number of esters is 1. The summed E-state index contributed by atoms with van der Waals surface area (Å²) >= 11 is 0. The van der Waals surface area contributed by atoms with Gasteiger partial charge < -0.3 is 4.74 Å². The van der Waals surface area contributed by atoms with Gasteiger partial charge in [0.05, 0.1) is 13.0 Å². The van der Waals surface area contributed by atoms with Crippen molar-refractivity contribution in [2.24, 2.45) is 29.1 Å². The molecule has 4 unspecified atom stereocenters. The molecule has 0 aromatic heterocycles. The van der Waals surface area contributed by atoms with Gasteiger partial charge in [0.25, 0.3) is 0 Å². The summed E-state index contributed by atoms with van der Waals surface area (Å²) in [5.74, 6) is 2.14. The topological polar surface area (TPSA) is 26.3 Å². The van der Waals surface area contributed by atoms with Crippen molar-refractivity contribution in [3.05, 3.63) is 0 Å². The van der Waals surface area contributed by atoms with Crippen molar-refractivity contribution in [3.63, 3.8) is 0 Å². The molecule has 2 bridgehead atoms. The molecule has 14 heavy (non-hydrogen) atoms. The Kier molecular flexibility index (Phi) is 2.13. The average Bonchev–Trinajstić information content (AvgIpc) is 2.16. The van der Waals surface area contributed by atoms with Gasteiger partial charge in [-0.05, 0) is 36.0 Å². The molecule has 0 aromatic carbocycles. The van der Waals surface area contributed by atoms with Crippen LogP contribution in [0.25, 0.3) is 0 Å². The first-order valence-corrected chi connectivity index (χ1v) is 5.56. The van der Waals surface area contributed by atoms with Crippen LogP contribution < -0.4 is 0 Å². The molecule has 0 heterocycles. The summed E-state index contributed by atoms with van der Waals surface area (Å²) in [6, 6.07) is 0. The first-order chi connectivity index (χ1) is 6.48. The summed E-state index contributed by atoms with van der Waals surface area (Å²) in [6.07, 6.45) is 2.36. The fourth-order valence-electron chi connectivity index (χ4n) is 3.61. The molecule has 0 aliphatic heterocycles. The Morgan fingerprint density at radius 1 is 1.36 bits per heavy atom. The van der Waals surface area contributed by atoms with Crippen molar-refractivity contribution in [2.75, 3.05) is 7.11 Å². The van der Waals surface area contributed by atoms with Crippen LogP contribution in [-0.2, 0) is 9.53 Å². The maximum atomic E-state index is 11.5. The lowest BCUT2D eigenvalue weighted by Gasteiger charge is -2.61. The minimum atomic E-state index is 0.00250. The average molecular weight is 196 g/mol. The number of carbonyl (C=O) groups is 1. The molecule has 80 valence electrons. The highest BCUT2D eigenvalue weighted by molar-refractivity contribution is 5.73. The number of methoxy groups -OCH3 is 1. The van der Waals surface area contributed by atoms with Gasteiger partial charge in [-0.25, -0.2) is 0 Å². The number of rotatable bonds is 1. The molecular formula is C12H20O2. The van der Waals surface area contributed by atoms with Crippen LogP contribution in [0.4, 0.5) is 0 Å². The third-order valence-corrected chi connectivity index (χ3v) is 4.86. The quantitative estimate of drug-likeness (QED) is 0.602. The molecule has 3 aliphatic carbocycles. The van der Waals surface area contributed by atoms with E-state index in [1.165, 1.54) is 13.5 Å². The van der Waals surface area contributed by atoms with Gasteiger partial charge in [0.15, 0.2) is 0 Å². The Labute approximate surface area is 86.0 Å². The second kappa shape index (κ2) is 2.98. The fraction of sp³-hybridized carbons (Fsp3) is 0.917. The second-order valence-corrected chi connectivity index (χ2v) is 5.58. The van der Waals surface area contributed by atoms with Gasteiger partial charge in [-0.3, -0.25) is 4.79 Å². The molecule has 0 radical (unpaired) electrons. The number of hydrogen-bond donors (Lipinski definition) is 0. The van der Waals surface area contributed by atoms with Gasteiger partial charge in [-0.15, -0.1) is 0 Å². The summed E-state index contributed by atoms with van der Waals surface area (Å²) in [5.41, 5.74) is 0.462. The van der Waals surface area contributed by atoms with Crippen molar-refractivity contribution in [1.82, 2.24) is 0 Å². The molecule has 0 aromatic rings. The van der Waals surface area contributed by atoms with Crippen molar-refractivity contribution in [1.29, 1.82) is 0 Å². The van der Waals surface area contributed by atoms with E-state index in [4.69, 9.17) is 4.74 Å². The summed E-state index contributed by atoms with van der Waals surface area (Å²) in [4.78, 5) is 11.5. The van der Waals surface area contributed by atoms with E-state index in [9.17, 15) is 4.79 Å². The molecule has 2 nitrogen and oxygen atoms in total.